The standard InChI is InChI=1S/C12H23N3O/c16-12(15-10-5-1-2-6-10)14-9-11-7-3-4-8-13-11/h10-11,13H,1-9H2,(H2,14,15,16). The van der Waals surface area contributed by atoms with Gasteiger partial charge in [-0.15, -0.1) is 0 Å². The predicted molar refractivity (Wildman–Crippen MR) is 64.4 cm³/mol. The molecule has 0 spiro atoms. The SMILES string of the molecule is O=C(NCC1CCCCN1)NC1CCCC1. The van der Waals surface area contributed by atoms with Crippen molar-refractivity contribution in [3.63, 3.8) is 0 Å². The van der Waals surface area contributed by atoms with Gasteiger partial charge in [0.05, 0.1) is 0 Å². The van der Waals surface area contributed by atoms with Crippen molar-refractivity contribution in [2.75, 3.05) is 13.1 Å². The fraction of sp³-hybridized carbons (Fsp3) is 0.917. The van der Waals surface area contributed by atoms with Crippen LogP contribution in [0, 0.1) is 0 Å². The number of hydrogen-bond donors (Lipinski definition) is 3. The van der Waals surface area contributed by atoms with Crippen molar-refractivity contribution >= 4 is 6.03 Å². The van der Waals surface area contributed by atoms with E-state index in [1.807, 2.05) is 0 Å². The molecule has 0 aromatic carbocycles. The lowest BCUT2D eigenvalue weighted by Gasteiger charge is -2.24. The van der Waals surface area contributed by atoms with Gasteiger partial charge in [0.15, 0.2) is 0 Å². The maximum atomic E-state index is 11.6. The number of hydrogen-bond acceptors (Lipinski definition) is 2. The van der Waals surface area contributed by atoms with Gasteiger partial charge in [-0.05, 0) is 32.2 Å². The van der Waals surface area contributed by atoms with E-state index in [0.717, 1.165) is 25.9 Å². The van der Waals surface area contributed by atoms with E-state index < -0.39 is 0 Å². The van der Waals surface area contributed by atoms with Crippen molar-refractivity contribution < 1.29 is 4.79 Å². The molecule has 92 valence electrons. The van der Waals surface area contributed by atoms with E-state index in [1.54, 1.807) is 0 Å². The van der Waals surface area contributed by atoms with E-state index in [-0.39, 0.29) is 6.03 Å². The summed E-state index contributed by atoms with van der Waals surface area (Å²) in [6.07, 6.45) is 8.55. The smallest absolute Gasteiger partial charge is 0.315 e. The number of nitrogens with one attached hydrogen (secondary N) is 3. The molecule has 1 aliphatic carbocycles. The Bertz CT molecular complexity index is 220. The third-order valence-corrected chi connectivity index (χ3v) is 3.61. The Balaban J connectivity index is 1.59. The molecular formula is C12H23N3O. The zero-order valence-corrected chi connectivity index (χ0v) is 9.93. The fourth-order valence-corrected chi connectivity index (χ4v) is 2.62. The molecule has 2 amide bonds. The lowest BCUT2D eigenvalue weighted by Crippen LogP contribution is -2.48. The van der Waals surface area contributed by atoms with Crippen LogP contribution < -0.4 is 16.0 Å². The second kappa shape index (κ2) is 6.09. The maximum Gasteiger partial charge on any atom is 0.315 e. The minimum absolute atomic E-state index is 0.0132. The number of carbonyl (C=O) groups excluding carboxylic acids is 1. The van der Waals surface area contributed by atoms with Gasteiger partial charge in [0, 0.05) is 18.6 Å². The maximum absolute atomic E-state index is 11.6. The van der Waals surface area contributed by atoms with Gasteiger partial charge in [-0.25, -0.2) is 4.79 Å². The van der Waals surface area contributed by atoms with Crippen LogP contribution in [0.25, 0.3) is 0 Å². The second-order valence-electron chi connectivity index (χ2n) is 4.98. The number of amides is 2. The number of rotatable bonds is 3. The third-order valence-electron chi connectivity index (χ3n) is 3.61. The molecule has 1 heterocycles. The van der Waals surface area contributed by atoms with Gasteiger partial charge in [0.25, 0.3) is 0 Å². The van der Waals surface area contributed by atoms with Crippen LogP contribution in [0.1, 0.15) is 44.9 Å². The van der Waals surface area contributed by atoms with Crippen molar-refractivity contribution in [3.8, 4) is 0 Å². The summed E-state index contributed by atoms with van der Waals surface area (Å²) in [6.45, 7) is 1.86. The largest absolute Gasteiger partial charge is 0.337 e. The van der Waals surface area contributed by atoms with Crippen LogP contribution in [-0.2, 0) is 0 Å². The molecule has 1 aliphatic heterocycles. The highest BCUT2D eigenvalue weighted by Gasteiger charge is 2.18. The molecule has 2 aliphatic rings. The van der Waals surface area contributed by atoms with Gasteiger partial charge in [-0.1, -0.05) is 19.3 Å². The molecular weight excluding hydrogens is 202 g/mol. The Morgan fingerprint density at radius 1 is 1.12 bits per heavy atom. The molecule has 16 heavy (non-hydrogen) atoms. The van der Waals surface area contributed by atoms with Gasteiger partial charge < -0.3 is 16.0 Å². The van der Waals surface area contributed by atoms with Crippen LogP contribution >= 0.6 is 0 Å². The van der Waals surface area contributed by atoms with Crippen LogP contribution in [0.5, 0.6) is 0 Å². The molecule has 2 rings (SSSR count). The summed E-state index contributed by atoms with van der Waals surface area (Å²) in [4.78, 5) is 11.6. The van der Waals surface area contributed by atoms with Gasteiger partial charge in [0.2, 0.25) is 0 Å². The summed E-state index contributed by atoms with van der Waals surface area (Å²) in [5, 5.41) is 9.43. The average Bonchev–Trinajstić information content (AvgIpc) is 2.81. The molecule has 0 bridgehead atoms. The highest BCUT2D eigenvalue weighted by Crippen LogP contribution is 2.17. The molecule has 4 heteroatoms. The third kappa shape index (κ3) is 3.67. The highest BCUT2D eigenvalue weighted by molar-refractivity contribution is 5.74. The van der Waals surface area contributed by atoms with E-state index in [1.165, 1.54) is 32.1 Å². The first-order chi connectivity index (χ1) is 7.84. The first kappa shape index (κ1) is 11.7. The Morgan fingerprint density at radius 3 is 2.56 bits per heavy atom. The van der Waals surface area contributed by atoms with Crippen molar-refractivity contribution in [2.24, 2.45) is 0 Å². The van der Waals surface area contributed by atoms with Gasteiger partial charge in [0.1, 0.15) is 0 Å². The normalized spacial score (nSPS) is 26.6. The second-order valence-corrected chi connectivity index (χ2v) is 4.98. The lowest BCUT2D eigenvalue weighted by atomic mass is 10.1. The molecule has 0 aromatic heterocycles. The first-order valence-electron chi connectivity index (χ1n) is 6.62. The summed E-state index contributed by atoms with van der Waals surface area (Å²) in [5.41, 5.74) is 0. The molecule has 3 N–H and O–H groups in total. The number of piperidine rings is 1. The van der Waals surface area contributed by atoms with Gasteiger partial charge in [-0.3, -0.25) is 0 Å². The molecule has 2 fully saturated rings. The molecule has 0 aromatic rings. The lowest BCUT2D eigenvalue weighted by molar-refractivity contribution is 0.234. The van der Waals surface area contributed by atoms with E-state index in [4.69, 9.17) is 0 Å². The van der Waals surface area contributed by atoms with Gasteiger partial charge >= 0.3 is 6.03 Å². The Labute approximate surface area is 97.6 Å². The monoisotopic (exact) mass is 225 g/mol. The first-order valence-corrected chi connectivity index (χ1v) is 6.62. The van der Waals surface area contributed by atoms with Crippen molar-refractivity contribution in [1.29, 1.82) is 0 Å². The van der Waals surface area contributed by atoms with Crippen molar-refractivity contribution in [2.45, 2.75) is 57.0 Å². The number of carbonyl (C=O) groups is 1. The molecule has 4 nitrogen and oxygen atoms in total. The van der Waals surface area contributed by atoms with Crippen LogP contribution in [0.3, 0.4) is 0 Å². The van der Waals surface area contributed by atoms with E-state index in [0.29, 0.717) is 12.1 Å². The average molecular weight is 225 g/mol. The van der Waals surface area contributed by atoms with E-state index >= 15 is 0 Å². The molecule has 1 saturated heterocycles. The zero-order chi connectivity index (χ0) is 11.2. The van der Waals surface area contributed by atoms with Gasteiger partial charge in [-0.2, -0.15) is 0 Å². The van der Waals surface area contributed by atoms with Crippen LogP contribution in [0.2, 0.25) is 0 Å². The molecule has 1 atom stereocenters. The number of urea groups is 1. The van der Waals surface area contributed by atoms with Crippen LogP contribution in [-0.4, -0.2) is 31.2 Å². The molecule has 1 unspecified atom stereocenters. The van der Waals surface area contributed by atoms with E-state index in [9.17, 15) is 4.79 Å². The van der Waals surface area contributed by atoms with Crippen LogP contribution in [0.4, 0.5) is 4.79 Å². The zero-order valence-electron chi connectivity index (χ0n) is 9.93. The predicted octanol–water partition coefficient (Wildman–Crippen LogP) is 1.37. The summed E-state index contributed by atoms with van der Waals surface area (Å²) in [7, 11) is 0. The topological polar surface area (TPSA) is 53.2 Å². The van der Waals surface area contributed by atoms with Crippen molar-refractivity contribution in [1.82, 2.24) is 16.0 Å². The summed E-state index contributed by atoms with van der Waals surface area (Å²) in [5.74, 6) is 0. The van der Waals surface area contributed by atoms with Crippen LogP contribution in [0.15, 0.2) is 0 Å². The quantitative estimate of drug-likeness (QED) is 0.679. The summed E-state index contributed by atoms with van der Waals surface area (Å²) < 4.78 is 0. The highest BCUT2D eigenvalue weighted by atomic mass is 16.2. The van der Waals surface area contributed by atoms with Crippen molar-refractivity contribution in [3.05, 3.63) is 0 Å². The molecule has 0 radical (unpaired) electrons. The Kier molecular flexibility index (Phi) is 4.45. The summed E-state index contributed by atoms with van der Waals surface area (Å²) in [6, 6.07) is 0.904. The minimum Gasteiger partial charge on any atom is -0.337 e. The Morgan fingerprint density at radius 2 is 1.88 bits per heavy atom. The minimum atomic E-state index is 0.0132. The van der Waals surface area contributed by atoms with E-state index in [2.05, 4.69) is 16.0 Å². The summed E-state index contributed by atoms with van der Waals surface area (Å²) >= 11 is 0. The Hall–Kier alpha value is -0.770. The molecule has 1 saturated carbocycles. The fourth-order valence-electron chi connectivity index (χ4n) is 2.62.